The first kappa shape index (κ1) is 13.4. The predicted molar refractivity (Wildman–Crippen MR) is 77.3 cm³/mol. The number of nitrogens with zero attached hydrogens (tertiary/aromatic N) is 1. The van der Waals surface area contributed by atoms with Crippen LogP contribution >= 0.6 is 0 Å². The molecule has 1 atom stereocenters. The van der Waals surface area contributed by atoms with Crippen molar-refractivity contribution in [2.75, 3.05) is 13.1 Å². The van der Waals surface area contributed by atoms with Crippen molar-refractivity contribution in [2.24, 2.45) is 5.41 Å². The monoisotopic (exact) mass is 274 g/mol. The summed E-state index contributed by atoms with van der Waals surface area (Å²) in [5, 5.41) is 3.55. The molecule has 108 valence electrons. The molecule has 1 aliphatic heterocycles. The van der Waals surface area contributed by atoms with Crippen LogP contribution in [0.1, 0.15) is 25.8 Å². The molecule has 0 aromatic heterocycles. The van der Waals surface area contributed by atoms with Gasteiger partial charge in [0, 0.05) is 30.6 Å². The van der Waals surface area contributed by atoms with E-state index in [0.717, 1.165) is 18.7 Å². The fraction of sp³-hybridized carbons (Fsp3) is 0.562. The molecule has 1 aromatic rings. The number of carbonyl (C=O) groups excluding carboxylic acids is 1. The van der Waals surface area contributed by atoms with Crippen molar-refractivity contribution < 1.29 is 9.53 Å². The number of ether oxygens (including phenoxy) is 1. The average molecular weight is 274 g/mol. The van der Waals surface area contributed by atoms with E-state index in [0.29, 0.717) is 24.1 Å². The summed E-state index contributed by atoms with van der Waals surface area (Å²) in [6, 6.07) is 10.9. The highest BCUT2D eigenvalue weighted by atomic mass is 16.6. The zero-order valence-electron chi connectivity index (χ0n) is 12.1. The molecule has 1 N–H and O–H groups in total. The van der Waals surface area contributed by atoms with Crippen molar-refractivity contribution in [3.8, 4) is 0 Å². The summed E-state index contributed by atoms with van der Waals surface area (Å²) < 4.78 is 5.34. The SMILES string of the molecule is CC(C)NC1CC12CN(C(=O)OCc1ccccc1)C2. The Morgan fingerprint density at radius 3 is 2.75 bits per heavy atom. The molecule has 2 fully saturated rings. The summed E-state index contributed by atoms with van der Waals surface area (Å²) in [4.78, 5) is 13.7. The van der Waals surface area contributed by atoms with Crippen molar-refractivity contribution >= 4 is 6.09 Å². The Balaban J connectivity index is 1.41. The van der Waals surface area contributed by atoms with Crippen molar-refractivity contribution in [3.63, 3.8) is 0 Å². The number of rotatable bonds is 4. The molecule has 1 aliphatic carbocycles. The third-order valence-electron chi connectivity index (χ3n) is 4.20. The molecule has 20 heavy (non-hydrogen) atoms. The number of benzene rings is 1. The van der Waals surface area contributed by atoms with Gasteiger partial charge >= 0.3 is 6.09 Å². The van der Waals surface area contributed by atoms with Gasteiger partial charge in [-0.15, -0.1) is 0 Å². The zero-order valence-corrected chi connectivity index (χ0v) is 12.1. The van der Waals surface area contributed by atoms with Crippen LogP contribution in [0.25, 0.3) is 0 Å². The van der Waals surface area contributed by atoms with Crippen LogP contribution < -0.4 is 5.32 Å². The third kappa shape index (κ3) is 2.66. The van der Waals surface area contributed by atoms with Crippen molar-refractivity contribution in [3.05, 3.63) is 35.9 Å². The second kappa shape index (κ2) is 5.09. The van der Waals surface area contributed by atoms with E-state index in [1.54, 1.807) is 0 Å². The van der Waals surface area contributed by atoms with Crippen molar-refractivity contribution in [2.45, 2.75) is 39.0 Å². The highest BCUT2D eigenvalue weighted by Crippen LogP contribution is 2.53. The van der Waals surface area contributed by atoms with Crippen LogP contribution in [0.5, 0.6) is 0 Å². The van der Waals surface area contributed by atoms with Gasteiger partial charge in [0.25, 0.3) is 0 Å². The van der Waals surface area contributed by atoms with Crippen LogP contribution in [-0.4, -0.2) is 36.2 Å². The van der Waals surface area contributed by atoms with Crippen LogP contribution in [0, 0.1) is 5.41 Å². The van der Waals surface area contributed by atoms with E-state index in [-0.39, 0.29) is 6.09 Å². The Kier molecular flexibility index (Phi) is 3.42. The van der Waals surface area contributed by atoms with Gasteiger partial charge in [-0.2, -0.15) is 0 Å². The lowest BCUT2D eigenvalue weighted by Gasteiger charge is -2.40. The second-order valence-corrected chi connectivity index (χ2v) is 6.34. The molecule has 1 spiro atoms. The Labute approximate surface area is 120 Å². The van der Waals surface area contributed by atoms with Gasteiger partial charge in [0.1, 0.15) is 6.61 Å². The zero-order chi connectivity index (χ0) is 14.2. The quantitative estimate of drug-likeness (QED) is 0.916. The number of hydrogen-bond donors (Lipinski definition) is 1. The molecule has 1 amide bonds. The Bertz CT molecular complexity index is 481. The fourth-order valence-corrected chi connectivity index (χ4v) is 2.99. The summed E-state index contributed by atoms with van der Waals surface area (Å²) >= 11 is 0. The number of carbonyl (C=O) groups is 1. The van der Waals surface area contributed by atoms with E-state index < -0.39 is 0 Å². The molecule has 1 saturated carbocycles. The van der Waals surface area contributed by atoms with E-state index in [1.807, 2.05) is 35.2 Å². The first-order valence-corrected chi connectivity index (χ1v) is 7.31. The molecule has 4 nitrogen and oxygen atoms in total. The van der Waals surface area contributed by atoms with Crippen LogP contribution in [0.2, 0.25) is 0 Å². The normalized spacial score (nSPS) is 22.8. The lowest BCUT2D eigenvalue weighted by Crippen LogP contribution is -2.54. The minimum Gasteiger partial charge on any atom is -0.445 e. The number of hydrogen-bond acceptors (Lipinski definition) is 3. The summed E-state index contributed by atoms with van der Waals surface area (Å²) in [7, 11) is 0. The summed E-state index contributed by atoms with van der Waals surface area (Å²) in [5.74, 6) is 0. The largest absolute Gasteiger partial charge is 0.445 e. The van der Waals surface area contributed by atoms with Gasteiger partial charge in [0.2, 0.25) is 0 Å². The summed E-state index contributed by atoms with van der Waals surface area (Å²) in [6.45, 7) is 6.36. The highest BCUT2D eigenvalue weighted by Gasteiger charge is 2.62. The van der Waals surface area contributed by atoms with Gasteiger partial charge in [-0.1, -0.05) is 44.2 Å². The topological polar surface area (TPSA) is 41.6 Å². The fourth-order valence-electron chi connectivity index (χ4n) is 2.99. The summed E-state index contributed by atoms with van der Waals surface area (Å²) in [5.41, 5.74) is 1.37. The number of likely N-dealkylation sites (tertiary alicyclic amines) is 1. The lowest BCUT2D eigenvalue weighted by molar-refractivity contribution is 0.0371. The minimum atomic E-state index is -0.185. The van der Waals surface area contributed by atoms with Gasteiger partial charge in [0.05, 0.1) is 0 Å². The van der Waals surface area contributed by atoms with Crippen LogP contribution in [0.4, 0.5) is 4.79 Å². The van der Waals surface area contributed by atoms with Gasteiger partial charge in [-0.05, 0) is 12.0 Å². The first-order chi connectivity index (χ1) is 9.59. The molecule has 0 bridgehead atoms. The summed E-state index contributed by atoms with van der Waals surface area (Å²) in [6.07, 6.45) is 1.00. The molecule has 0 radical (unpaired) electrons. The minimum absolute atomic E-state index is 0.185. The smallest absolute Gasteiger partial charge is 0.410 e. The number of amides is 1. The molecule has 2 aliphatic rings. The molecule has 3 rings (SSSR count). The molecular weight excluding hydrogens is 252 g/mol. The van der Waals surface area contributed by atoms with Gasteiger partial charge in [-0.3, -0.25) is 0 Å². The predicted octanol–water partition coefficient (Wildman–Crippen LogP) is 2.40. The highest BCUT2D eigenvalue weighted by molar-refractivity contribution is 5.69. The maximum atomic E-state index is 11.9. The van der Waals surface area contributed by atoms with Gasteiger partial charge in [0.15, 0.2) is 0 Å². The van der Waals surface area contributed by atoms with Gasteiger partial charge in [-0.25, -0.2) is 4.79 Å². The second-order valence-electron chi connectivity index (χ2n) is 6.34. The molecule has 1 heterocycles. The van der Waals surface area contributed by atoms with E-state index in [4.69, 9.17) is 4.74 Å². The average Bonchev–Trinajstić information content (AvgIpc) is 3.09. The van der Waals surface area contributed by atoms with Crippen LogP contribution in [-0.2, 0) is 11.3 Å². The lowest BCUT2D eigenvalue weighted by atomic mass is 9.96. The van der Waals surface area contributed by atoms with Crippen LogP contribution in [0.15, 0.2) is 30.3 Å². The van der Waals surface area contributed by atoms with E-state index >= 15 is 0 Å². The third-order valence-corrected chi connectivity index (χ3v) is 4.20. The molecule has 1 aromatic carbocycles. The van der Waals surface area contributed by atoms with Gasteiger partial charge < -0.3 is 15.0 Å². The maximum absolute atomic E-state index is 11.9. The molecular formula is C16H22N2O2. The maximum Gasteiger partial charge on any atom is 0.410 e. The molecule has 1 unspecified atom stereocenters. The Morgan fingerprint density at radius 2 is 2.10 bits per heavy atom. The van der Waals surface area contributed by atoms with Crippen LogP contribution in [0.3, 0.4) is 0 Å². The Hall–Kier alpha value is -1.55. The molecule has 1 saturated heterocycles. The van der Waals surface area contributed by atoms with Crippen molar-refractivity contribution in [1.29, 1.82) is 0 Å². The molecule has 4 heteroatoms. The Morgan fingerprint density at radius 1 is 1.40 bits per heavy atom. The number of nitrogens with one attached hydrogen (secondary N) is 1. The standard InChI is InChI=1S/C16H22N2O2/c1-12(2)17-14-8-16(14)10-18(11-16)15(19)20-9-13-6-4-3-5-7-13/h3-7,12,14,17H,8-11H2,1-2H3. The van der Waals surface area contributed by atoms with E-state index in [1.165, 1.54) is 6.42 Å². The van der Waals surface area contributed by atoms with E-state index in [9.17, 15) is 4.79 Å². The first-order valence-electron chi connectivity index (χ1n) is 7.31. The van der Waals surface area contributed by atoms with E-state index in [2.05, 4.69) is 19.2 Å². The van der Waals surface area contributed by atoms with Crippen molar-refractivity contribution in [1.82, 2.24) is 10.2 Å².